The van der Waals surface area contributed by atoms with Crippen LogP contribution in [-0.2, 0) is 16.1 Å². The number of halogens is 1. The van der Waals surface area contributed by atoms with Gasteiger partial charge in [-0.15, -0.1) is 0 Å². The molecule has 152 valence electrons. The third-order valence-electron chi connectivity index (χ3n) is 4.37. The van der Waals surface area contributed by atoms with Crippen molar-refractivity contribution in [1.82, 2.24) is 0 Å². The molecule has 6 heteroatoms. The quantitative estimate of drug-likeness (QED) is 0.432. The monoisotopic (exact) mass is 405 g/mol. The van der Waals surface area contributed by atoms with E-state index >= 15 is 0 Å². The Morgan fingerprint density at radius 3 is 2.07 bits per heavy atom. The number of ketones is 1. The van der Waals surface area contributed by atoms with Crippen LogP contribution in [0.15, 0.2) is 78.9 Å². The van der Waals surface area contributed by atoms with Crippen LogP contribution in [0.25, 0.3) is 0 Å². The summed E-state index contributed by atoms with van der Waals surface area (Å²) in [5.41, 5.74) is 2.27. The van der Waals surface area contributed by atoms with Crippen LogP contribution in [-0.4, -0.2) is 17.7 Å². The van der Waals surface area contributed by atoms with Gasteiger partial charge in [0.15, 0.2) is 5.78 Å². The average molecular weight is 405 g/mol. The Hall–Kier alpha value is -3.80. The highest BCUT2D eigenvalue weighted by atomic mass is 19.1. The van der Waals surface area contributed by atoms with Gasteiger partial charge in [0.25, 0.3) is 5.91 Å². The van der Waals surface area contributed by atoms with Crippen molar-refractivity contribution >= 4 is 23.3 Å². The maximum Gasteiger partial charge on any atom is 0.306 e. The minimum atomic E-state index is -0.503. The molecule has 1 amide bonds. The predicted octanol–water partition coefficient (Wildman–Crippen LogP) is 4.78. The molecule has 3 aromatic carbocycles. The van der Waals surface area contributed by atoms with Gasteiger partial charge >= 0.3 is 5.97 Å². The van der Waals surface area contributed by atoms with E-state index in [1.54, 1.807) is 36.4 Å². The fourth-order valence-corrected chi connectivity index (χ4v) is 2.71. The van der Waals surface area contributed by atoms with Gasteiger partial charge in [-0.2, -0.15) is 0 Å². The van der Waals surface area contributed by atoms with Crippen molar-refractivity contribution in [2.24, 2.45) is 0 Å². The first-order chi connectivity index (χ1) is 14.5. The van der Waals surface area contributed by atoms with Gasteiger partial charge in [0.05, 0.1) is 6.42 Å². The van der Waals surface area contributed by atoms with Crippen molar-refractivity contribution in [2.45, 2.75) is 19.4 Å². The molecule has 3 rings (SSSR count). The predicted molar refractivity (Wildman–Crippen MR) is 111 cm³/mol. The molecule has 0 aliphatic heterocycles. The molecule has 0 unspecified atom stereocenters. The van der Waals surface area contributed by atoms with Crippen molar-refractivity contribution in [3.05, 3.63) is 101 Å². The first kappa shape index (κ1) is 20.9. The Morgan fingerprint density at radius 1 is 0.767 bits per heavy atom. The maximum absolute atomic E-state index is 12.9. The van der Waals surface area contributed by atoms with E-state index in [9.17, 15) is 18.8 Å². The van der Waals surface area contributed by atoms with E-state index < -0.39 is 11.8 Å². The van der Waals surface area contributed by atoms with E-state index in [4.69, 9.17) is 4.74 Å². The molecule has 30 heavy (non-hydrogen) atoms. The van der Waals surface area contributed by atoms with Gasteiger partial charge in [0.1, 0.15) is 12.4 Å². The molecule has 0 radical (unpaired) electrons. The van der Waals surface area contributed by atoms with Crippen LogP contribution in [0, 0.1) is 5.82 Å². The van der Waals surface area contributed by atoms with Crippen LogP contribution >= 0.6 is 0 Å². The Kier molecular flexibility index (Phi) is 7.05. The minimum absolute atomic E-state index is 0.0109. The number of nitrogens with one attached hydrogen (secondary N) is 1. The zero-order valence-corrected chi connectivity index (χ0v) is 16.1. The molecule has 1 N–H and O–H groups in total. The summed E-state index contributed by atoms with van der Waals surface area (Å²) >= 11 is 0. The molecule has 0 spiro atoms. The van der Waals surface area contributed by atoms with E-state index in [-0.39, 0.29) is 31.1 Å². The number of Topliss-reactive ketones (excluding diaryl/α,β-unsaturated/α-hetero) is 1. The van der Waals surface area contributed by atoms with Crippen LogP contribution in [0.4, 0.5) is 10.1 Å². The first-order valence-corrected chi connectivity index (χ1v) is 9.41. The lowest BCUT2D eigenvalue weighted by atomic mass is 10.1. The summed E-state index contributed by atoms with van der Waals surface area (Å²) in [6.07, 6.45) is -0.0726. The molecule has 0 heterocycles. The molecule has 0 saturated carbocycles. The van der Waals surface area contributed by atoms with Crippen LogP contribution < -0.4 is 5.32 Å². The van der Waals surface area contributed by atoms with Crippen molar-refractivity contribution in [3.63, 3.8) is 0 Å². The summed E-state index contributed by atoms with van der Waals surface area (Å²) in [4.78, 5) is 36.1. The van der Waals surface area contributed by atoms with E-state index in [1.165, 1.54) is 24.3 Å². The number of benzene rings is 3. The number of ether oxygens (including phenoxy) is 1. The van der Waals surface area contributed by atoms with Crippen LogP contribution in [0.2, 0.25) is 0 Å². The third-order valence-corrected chi connectivity index (χ3v) is 4.37. The number of carbonyl (C=O) groups is 3. The number of carbonyl (C=O) groups excluding carboxylic acids is 3. The molecule has 0 aromatic heterocycles. The second-order valence-electron chi connectivity index (χ2n) is 6.61. The number of rotatable bonds is 8. The van der Waals surface area contributed by atoms with Crippen molar-refractivity contribution in [3.8, 4) is 0 Å². The zero-order valence-electron chi connectivity index (χ0n) is 16.1. The van der Waals surface area contributed by atoms with Crippen molar-refractivity contribution in [1.29, 1.82) is 0 Å². The molecule has 0 aliphatic rings. The highest BCUT2D eigenvalue weighted by Gasteiger charge is 2.11. The highest BCUT2D eigenvalue weighted by Crippen LogP contribution is 2.12. The van der Waals surface area contributed by atoms with Crippen LogP contribution in [0.5, 0.6) is 0 Å². The molecule has 0 atom stereocenters. The van der Waals surface area contributed by atoms with Gasteiger partial charge in [0, 0.05) is 23.2 Å². The highest BCUT2D eigenvalue weighted by molar-refractivity contribution is 6.04. The third kappa shape index (κ3) is 6.10. The number of anilines is 1. The number of esters is 1. The van der Waals surface area contributed by atoms with E-state index in [1.807, 2.05) is 18.2 Å². The summed E-state index contributed by atoms with van der Waals surface area (Å²) in [7, 11) is 0. The van der Waals surface area contributed by atoms with Gasteiger partial charge < -0.3 is 10.1 Å². The maximum atomic E-state index is 12.9. The van der Waals surface area contributed by atoms with Crippen LogP contribution in [0.1, 0.15) is 39.1 Å². The number of para-hydroxylation sites is 1. The largest absolute Gasteiger partial charge is 0.461 e. The lowest BCUT2D eigenvalue weighted by Crippen LogP contribution is -2.12. The van der Waals surface area contributed by atoms with Crippen LogP contribution in [0.3, 0.4) is 0 Å². The topological polar surface area (TPSA) is 72.5 Å². The zero-order chi connectivity index (χ0) is 21.3. The standard InChI is InChI=1S/C24H20FNO4/c25-20-12-10-18(11-13-20)22(27)14-15-23(28)30-16-17-6-8-19(9-7-17)24(29)26-21-4-2-1-3-5-21/h1-13H,14-16H2,(H,26,29). The molecule has 3 aromatic rings. The number of amides is 1. The summed E-state index contributed by atoms with van der Waals surface area (Å²) in [5.74, 6) is -1.41. The van der Waals surface area contributed by atoms with E-state index in [0.29, 0.717) is 16.8 Å². The molecular formula is C24H20FNO4. The number of hydrogen-bond acceptors (Lipinski definition) is 4. The summed E-state index contributed by atoms with van der Waals surface area (Å²) < 4.78 is 18.1. The van der Waals surface area contributed by atoms with Gasteiger partial charge in [-0.3, -0.25) is 14.4 Å². The molecule has 5 nitrogen and oxygen atoms in total. The number of hydrogen-bond donors (Lipinski definition) is 1. The lowest BCUT2D eigenvalue weighted by Gasteiger charge is -2.07. The summed E-state index contributed by atoms with van der Waals surface area (Å²) in [6.45, 7) is 0.0458. The van der Waals surface area contributed by atoms with Gasteiger partial charge in [0.2, 0.25) is 0 Å². The second-order valence-corrected chi connectivity index (χ2v) is 6.61. The SMILES string of the molecule is O=C(CCC(=O)c1ccc(F)cc1)OCc1ccc(C(=O)Nc2ccccc2)cc1. The van der Waals surface area contributed by atoms with Gasteiger partial charge in [-0.1, -0.05) is 30.3 Å². The molecular weight excluding hydrogens is 385 g/mol. The minimum Gasteiger partial charge on any atom is -0.461 e. The Bertz CT molecular complexity index is 1020. The first-order valence-electron chi connectivity index (χ1n) is 9.41. The fourth-order valence-electron chi connectivity index (χ4n) is 2.71. The lowest BCUT2D eigenvalue weighted by molar-refractivity contribution is -0.144. The van der Waals surface area contributed by atoms with Crippen molar-refractivity contribution < 1.29 is 23.5 Å². The Morgan fingerprint density at radius 2 is 1.40 bits per heavy atom. The average Bonchev–Trinajstić information content (AvgIpc) is 2.77. The summed E-state index contributed by atoms with van der Waals surface area (Å²) in [5, 5.41) is 2.79. The van der Waals surface area contributed by atoms with Crippen molar-refractivity contribution in [2.75, 3.05) is 5.32 Å². The molecule has 0 aliphatic carbocycles. The molecule has 0 bridgehead atoms. The molecule has 0 saturated heterocycles. The van der Waals surface area contributed by atoms with E-state index in [0.717, 1.165) is 5.56 Å². The smallest absolute Gasteiger partial charge is 0.306 e. The Labute approximate surface area is 173 Å². The van der Waals surface area contributed by atoms with Gasteiger partial charge in [-0.25, -0.2) is 4.39 Å². The normalized spacial score (nSPS) is 10.3. The Balaban J connectivity index is 1.44. The van der Waals surface area contributed by atoms with E-state index in [2.05, 4.69) is 5.32 Å². The molecule has 0 fully saturated rings. The fraction of sp³-hybridized carbons (Fsp3) is 0.125. The van der Waals surface area contributed by atoms with Gasteiger partial charge in [-0.05, 0) is 54.1 Å². The summed E-state index contributed by atoms with van der Waals surface area (Å²) in [6, 6.07) is 21.0. The second kappa shape index (κ2) is 10.1.